The molecule has 0 amide bonds. The Morgan fingerprint density at radius 1 is 1.27 bits per heavy atom. The van der Waals surface area contributed by atoms with E-state index in [1.807, 2.05) is 13.8 Å². The molecule has 1 N–H and O–H groups in total. The van der Waals surface area contributed by atoms with Gasteiger partial charge in [-0.25, -0.2) is 0 Å². The first kappa shape index (κ1) is 12.9. The molecule has 90 valence electrons. The minimum Gasteiger partial charge on any atom is -0.394 e. The molecule has 0 aromatic carbocycles. The molecule has 0 aliphatic carbocycles. The van der Waals surface area contributed by atoms with E-state index >= 15 is 0 Å². The number of aliphatic hydroxyl groups excluding tert-OH is 1. The predicted octanol–water partition coefficient (Wildman–Crippen LogP) is 0.163. The molecule has 0 radical (unpaired) electrons. The number of hydrogen-bond acceptors (Lipinski definition) is 5. The number of aliphatic hydroxyl groups is 1. The van der Waals surface area contributed by atoms with Crippen LogP contribution < -0.4 is 0 Å². The van der Waals surface area contributed by atoms with Gasteiger partial charge in [-0.3, -0.25) is 0 Å². The average molecular weight is 220 g/mol. The summed E-state index contributed by atoms with van der Waals surface area (Å²) < 4.78 is 21.0. The van der Waals surface area contributed by atoms with Crippen LogP contribution in [0.25, 0.3) is 0 Å². The zero-order chi connectivity index (χ0) is 11.1. The van der Waals surface area contributed by atoms with E-state index < -0.39 is 5.79 Å². The summed E-state index contributed by atoms with van der Waals surface area (Å²) in [4.78, 5) is 0. The highest BCUT2D eigenvalue weighted by atomic mass is 16.7. The van der Waals surface area contributed by atoms with Crippen LogP contribution in [0.4, 0.5) is 0 Å². The van der Waals surface area contributed by atoms with Gasteiger partial charge in [-0.05, 0) is 13.8 Å². The third kappa shape index (κ3) is 6.81. The molecule has 1 heterocycles. The lowest BCUT2D eigenvalue weighted by Gasteiger charge is -2.25. The predicted molar refractivity (Wildman–Crippen MR) is 53.6 cm³/mol. The van der Waals surface area contributed by atoms with E-state index in [4.69, 9.17) is 24.1 Å². The molecule has 0 bridgehead atoms. The van der Waals surface area contributed by atoms with Gasteiger partial charge in [0.1, 0.15) is 6.10 Å². The van der Waals surface area contributed by atoms with Crippen molar-refractivity contribution in [2.24, 2.45) is 0 Å². The highest BCUT2D eigenvalue weighted by Crippen LogP contribution is 2.11. The van der Waals surface area contributed by atoms with Crippen molar-refractivity contribution in [1.82, 2.24) is 0 Å². The molecular formula is C10H20O5. The maximum atomic E-state index is 8.59. The summed E-state index contributed by atoms with van der Waals surface area (Å²) in [7, 11) is 0. The minimum atomic E-state index is -0.665. The second-order valence-corrected chi connectivity index (χ2v) is 3.85. The summed E-state index contributed by atoms with van der Waals surface area (Å²) in [5.74, 6) is -0.665. The topological polar surface area (TPSA) is 60.5 Å². The van der Waals surface area contributed by atoms with Crippen LogP contribution in [0.3, 0.4) is 0 Å². The van der Waals surface area contributed by atoms with Crippen molar-refractivity contribution in [3.05, 3.63) is 0 Å². The molecule has 1 aliphatic rings. The van der Waals surface area contributed by atoms with Crippen LogP contribution in [0.1, 0.15) is 13.8 Å². The first-order chi connectivity index (χ1) is 7.14. The van der Waals surface area contributed by atoms with Crippen LogP contribution in [-0.4, -0.2) is 56.6 Å². The van der Waals surface area contributed by atoms with Gasteiger partial charge in [0.15, 0.2) is 5.79 Å². The monoisotopic (exact) mass is 220 g/mol. The van der Waals surface area contributed by atoms with Crippen LogP contribution in [0.15, 0.2) is 0 Å². The van der Waals surface area contributed by atoms with Crippen molar-refractivity contribution < 1.29 is 24.1 Å². The number of ether oxygens (including phenoxy) is 4. The fraction of sp³-hybridized carbons (Fsp3) is 1.00. The summed E-state index contributed by atoms with van der Waals surface area (Å²) in [5, 5.41) is 8.59. The van der Waals surface area contributed by atoms with Gasteiger partial charge in [0, 0.05) is 0 Å². The minimum absolute atomic E-state index is 0.00229. The first-order valence-corrected chi connectivity index (χ1v) is 5.22. The molecule has 1 aliphatic heterocycles. The molecule has 5 heteroatoms. The quantitative estimate of drug-likeness (QED) is 0.341. The lowest BCUT2D eigenvalue weighted by molar-refractivity contribution is -0.221. The van der Waals surface area contributed by atoms with Gasteiger partial charge < -0.3 is 24.1 Å². The van der Waals surface area contributed by atoms with Gasteiger partial charge in [-0.2, -0.15) is 0 Å². The lowest BCUT2D eigenvalue weighted by atomic mass is 10.4. The summed E-state index contributed by atoms with van der Waals surface area (Å²) in [5.41, 5.74) is 0. The van der Waals surface area contributed by atoms with Crippen LogP contribution in [0, 0.1) is 0 Å². The Morgan fingerprint density at radius 2 is 1.93 bits per heavy atom. The maximum Gasteiger partial charge on any atom is 0.162 e. The Labute approximate surface area is 90.3 Å². The van der Waals surface area contributed by atoms with Crippen molar-refractivity contribution in [3.63, 3.8) is 0 Å². The van der Waals surface area contributed by atoms with E-state index in [-0.39, 0.29) is 13.2 Å². The maximum absolute atomic E-state index is 8.59. The molecule has 0 aromatic heterocycles. The third-order valence-corrected chi connectivity index (χ3v) is 1.92. The smallest absolute Gasteiger partial charge is 0.162 e. The molecule has 1 rings (SSSR count). The summed E-state index contributed by atoms with van der Waals surface area (Å²) in [6.07, 6.45) is 0.295. The van der Waals surface area contributed by atoms with Gasteiger partial charge in [-0.15, -0.1) is 0 Å². The van der Waals surface area contributed by atoms with Crippen LogP contribution >= 0.6 is 0 Å². The Balaban J connectivity index is 1.91. The molecule has 15 heavy (non-hydrogen) atoms. The average Bonchev–Trinajstić information content (AvgIpc) is 2.98. The zero-order valence-electron chi connectivity index (χ0n) is 9.40. The summed E-state index contributed by atoms with van der Waals surface area (Å²) >= 11 is 0. The first-order valence-electron chi connectivity index (χ1n) is 5.22. The zero-order valence-corrected chi connectivity index (χ0v) is 9.40. The van der Waals surface area contributed by atoms with Gasteiger partial charge in [0.2, 0.25) is 0 Å². The van der Waals surface area contributed by atoms with Gasteiger partial charge in [-0.1, -0.05) is 0 Å². The molecular weight excluding hydrogens is 200 g/mol. The molecule has 0 aromatic rings. The van der Waals surface area contributed by atoms with E-state index in [0.29, 0.717) is 25.9 Å². The molecule has 1 saturated heterocycles. The van der Waals surface area contributed by atoms with E-state index in [1.165, 1.54) is 0 Å². The van der Waals surface area contributed by atoms with E-state index in [2.05, 4.69) is 0 Å². The fourth-order valence-electron chi connectivity index (χ4n) is 1.06. The standard InChI is InChI=1S/C10H20O5/c1-10(2,14-4-3-11)15-6-5-12-7-9-8-13-9/h9,11H,3-8H2,1-2H3. The van der Waals surface area contributed by atoms with E-state index in [1.54, 1.807) is 0 Å². The third-order valence-electron chi connectivity index (χ3n) is 1.92. The molecule has 1 fully saturated rings. The largest absolute Gasteiger partial charge is 0.394 e. The molecule has 1 unspecified atom stereocenters. The van der Waals surface area contributed by atoms with E-state index in [9.17, 15) is 0 Å². The Morgan fingerprint density at radius 3 is 2.53 bits per heavy atom. The lowest BCUT2D eigenvalue weighted by Crippen LogP contribution is -2.31. The summed E-state index contributed by atoms with van der Waals surface area (Å²) in [6.45, 7) is 6.37. The van der Waals surface area contributed by atoms with Crippen molar-refractivity contribution in [3.8, 4) is 0 Å². The van der Waals surface area contributed by atoms with Gasteiger partial charge in [0.25, 0.3) is 0 Å². The number of epoxide rings is 1. The second kappa shape index (κ2) is 6.40. The fourth-order valence-corrected chi connectivity index (χ4v) is 1.06. The highest BCUT2D eigenvalue weighted by Gasteiger charge is 2.22. The molecule has 1 atom stereocenters. The SMILES string of the molecule is CC(C)(OCCO)OCCOCC1CO1. The van der Waals surface area contributed by atoms with Crippen molar-refractivity contribution >= 4 is 0 Å². The van der Waals surface area contributed by atoms with Crippen molar-refractivity contribution in [1.29, 1.82) is 0 Å². The summed E-state index contributed by atoms with van der Waals surface area (Å²) in [6, 6.07) is 0. The Hall–Kier alpha value is -0.200. The molecule has 0 saturated carbocycles. The second-order valence-electron chi connectivity index (χ2n) is 3.85. The normalized spacial score (nSPS) is 20.6. The Kier molecular flexibility index (Phi) is 5.49. The van der Waals surface area contributed by atoms with Gasteiger partial charge in [0.05, 0.1) is 39.6 Å². The van der Waals surface area contributed by atoms with Crippen molar-refractivity contribution in [2.45, 2.75) is 25.7 Å². The van der Waals surface area contributed by atoms with E-state index in [0.717, 1.165) is 6.61 Å². The van der Waals surface area contributed by atoms with Crippen molar-refractivity contribution in [2.75, 3.05) is 39.6 Å². The van der Waals surface area contributed by atoms with Crippen LogP contribution in [-0.2, 0) is 18.9 Å². The van der Waals surface area contributed by atoms with Crippen LogP contribution in [0.5, 0.6) is 0 Å². The Bertz CT molecular complexity index is 167. The van der Waals surface area contributed by atoms with Crippen LogP contribution in [0.2, 0.25) is 0 Å². The number of rotatable bonds is 9. The molecule has 5 nitrogen and oxygen atoms in total. The number of hydrogen-bond donors (Lipinski definition) is 1. The molecule has 0 spiro atoms. The highest BCUT2D eigenvalue weighted by molar-refractivity contribution is 4.67. The van der Waals surface area contributed by atoms with Gasteiger partial charge >= 0.3 is 0 Å².